The van der Waals surface area contributed by atoms with Gasteiger partial charge in [0.15, 0.2) is 0 Å². The Morgan fingerprint density at radius 2 is 2.21 bits per heavy atom. The SMILES string of the molecule is CCC1CSC([C@@H](N)Cc2ccc([N+](=O)[O-])cc2)=N1. The van der Waals surface area contributed by atoms with Gasteiger partial charge in [-0.05, 0) is 18.4 Å². The van der Waals surface area contributed by atoms with E-state index in [9.17, 15) is 10.1 Å². The predicted octanol–water partition coefficient (Wildman–Crippen LogP) is 2.39. The van der Waals surface area contributed by atoms with E-state index in [-0.39, 0.29) is 11.7 Å². The van der Waals surface area contributed by atoms with Crippen molar-refractivity contribution in [1.29, 1.82) is 0 Å². The number of non-ortho nitro benzene ring substituents is 1. The van der Waals surface area contributed by atoms with Gasteiger partial charge in [-0.25, -0.2) is 0 Å². The lowest BCUT2D eigenvalue weighted by Crippen LogP contribution is -2.30. The van der Waals surface area contributed by atoms with E-state index < -0.39 is 4.92 Å². The largest absolute Gasteiger partial charge is 0.322 e. The Morgan fingerprint density at radius 3 is 2.74 bits per heavy atom. The van der Waals surface area contributed by atoms with E-state index in [0.29, 0.717) is 12.5 Å². The van der Waals surface area contributed by atoms with E-state index in [0.717, 1.165) is 22.8 Å². The van der Waals surface area contributed by atoms with Gasteiger partial charge in [0, 0.05) is 17.9 Å². The van der Waals surface area contributed by atoms with E-state index in [1.807, 2.05) is 0 Å². The maximum absolute atomic E-state index is 10.6. The van der Waals surface area contributed by atoms with Crippen LogP contribution in [0.1, 0.15) is 18.9 Å². The highest BCUT2D eigenvalue weighted by atomic mass is 32.2. The molecule has 0 bridgehead atoms. The molecule has 1 aromatic carbocycles. The molecule has 0 amide bonds. The Morgan fingerprint density at radius 1 is 1.53 bits per heavy atom. The summed E-state index contributed by atoms with van der Waals surface area (Å²) >= 11 is 1.73. The summed E-state index contributed by atoms with van der Waals surface area (Å²) in [5, 5.41) is 11.6. The van der Waals surface area contributed by atoms with Gasteiger partial charge in [-0.3, -0.25) is 15.1 Å². The summed E-state index contributed by atoms with van der Waals surface area (Å²) in [6.07, 6.45) is 1.71. The summed E-state index contributed by atoms with van der Waals surface area (Å²) < 4.78 is 0. The molecule has 0 saturated carbocycles. The molecule has 0 saturated heterocycles. The van der Waals surface area contributed by atoms with Crippen molar-refractivity contribution >= 4 is 22.5 Å². The average Bonchev–Trinajstić information content (AvgIpc) is 2.88. The van der Waals surface area contributed by atoms with Crippen LogP contribution in [0.2, 0.25) is 0 Å². The molecule has 0 spiro atoms. The molecule has 19 heavy (non-hydrogen) atoms. The van der Waals surface area contributed by atoms with Crippen LogP contribution in [0.4, 0.5) is 5.69 Å². The number of thioether (sulfide) groups is 1. The molecular weight excluding hydrogens is 262 g/mol. The second-order valence-electron chi connectivity index (χ2n) is 4.57. The molecule has 1 aliphatic heterocycles. The molecule has 0 aromatic heterocycles. The summed E-state index contributed by atoms with van der Waals surface area (Å²) in [4.78, 5) is 14.8. The minimum Gasteiger partial charge on any atom is -0.322 e. The fraction of sp³-hybridized carbons (Fsp3) is 0.462. The quantitative estimate of drug-likeness (QED) is 0.662. The van der Waals surface area contributed by atoms with E-state index in [1.54, 1.807) is 23.9 Å². The van der Waals surface area contributed by atoms with Crippen LogP contribution in [0.3, 0.4) is 0 Å². The van der Waals surface area contributed by atoms with Crippen LogP contribution >= 0.6 is 11.8 Å². The Bertz CT molecular complexity index is 487. The fourth-order valence-electron chi connectivity index (χ4n) is 1.94. The number of hydrogen-bond donors (Lipinski definition) is 1. The van der Waals surface area contributed by atoms with Gasteiger partial charge < -0.3 is 5.73 Å². The normalized spacial score (nSPS) is 20.1. The number of nitro groups is 1. The Hall–Kier alpha value is -1.40. The summed E-state index contributed by atoms with van der Waals surface area (Å²) in [6.45, 7) is 2.12. The molecule has 6 heteroatoms. The van der Waals surface area contributed by atoms with Gasteiger partial charge in [-0.1, -0.05) is 19.1 Å². The molecule has 2 rings (SSSR count). The van der Waals surface area contributed by atoms with E-state index in [4.69, 9.17) is 5.73 Å². The van der Waals surface area contributed by atoms with Crippen molar-refractivity contribution in [3.63, 3.8) is 0 Å². The first kappa shape index (κ1) is 14.0. The third-order valence-electron chi connectivity index (χ3n) is 3.12. The maximum Gasteiger partial charge on any atom is 0.269 e. The zero-order valence-electron chi connectivity index (χ0n) is 10.8. The highest BCUT2D eigenvalue weighted by Gasteiger charge is 2.21. The van der Waals surface area contributed by atoms with E-state index >= 15 is 0 Å². The highest BCUT2D eigenvalue weighted by molar-refractivity contribution is 8.14. The first-order valence-electron chi connectivity index (χ1n) is 6.29. The fourth-order valence-corrected chi connectivity index (χ4v) is 3.14. The number of nitro benzene ring substituents is 1. The lowest BCUT2D eigenvalue weighted by molar-refractivity contribution is -0.384. The van der Waals surface area contributed by atoms with Crippen LogP contribution in [0.5, 0.6) is 0 Å². The first-order chi connectivity index (χ1) is 9.10. The Kier molecular flexibility index (Phi) is 4.55. The maximum atomic E-state index is 10.6. The Labute approximate surface area is 116 Å². The molecule has 1 heterocycles. The molecule has 2 N–H and O–H groups in total. The van der Waals surface area contributed by atoms with Gasteiger partial charge in [0.05, 0.1) is 22.1 Å². The van der Waals surface area contributed by atoms with Crippen molar-refractivity contribution in [3.05, 3.63) is 39.9 Å². The van der Waals surface area contributed by atoms with Crippen molar-refractivity contribution in [1.82, 2.24) is 0 Å². The minimum absolute atomic E-state index is 0.107. The molecule has 1 unspecified atom stereocenters. The minimum atomic E-state index is -0.396. The molecule has 0 fully saturated rings. The lowest BCUT2D eigenvalue weighted by atomic mass is 10.1. The van der Waals surface area contributed by atoms with E-state index in [2.05, 4.69) is 11.9 Å². The smallest absolute Gasteiger partial charge is 0.269 e. The summed E-state index contributed by atoms with van der Waals surface area (Å²) in [6, 6.07) is 6.83. The van der Waals surface area contributed by atoms with Gasteiger partial charge in [0.25, 0.3) is 5.69 Å². The number of aliphatic imine (C=N–C) groups is 1. The second-order valence-corrected chi connectivity index (χ2v) is 5.61. The van der Waals surface area contributed by atoms with Crippen LogP contribution in [0, 0.1) is 10.1 Å². The summed E-state index contributed by atoms with van der Waals surface area (Å²) in [5.74, 6) is 1.01. The molecule has 1 aliphatic rings. The molecule has 0 radical (unpaired) electrons. The summed E-state index contributed by atoms with van der Waals surface area (Å²) in [5.41, 5.74) is 7.25. The number of nitrogens with zero attached hydrogens (tertiary/aromatic N) is 2. The predicted molar refractivity (Wildman–Crippen MR) is 78.7 cm³/mol. The first-order valence-corrected chi connectivity index (χ1v) is 7.28. The van der Waals surface area contributed by atoms with Crippen LogP contribution in [0.15, 0.2) is 29.3 Å². The van der Waals surface area contributed by atoms with Crippen molar-refractivity contribution < 1.29 is 4.92 Å². The van der Waals surface area contributed by atoms with Gasteiger partial charge >= 0.3 is 0 Å². The Balaban J connectivity index is 1.99. The van der Waals surface area contributed by atoms with E-state index in [1.165, 1.54) is 12.1 Å². The lowest BCUT2D eigenvalue weighted by Gasteiger charge is -2.10. The molecule has 2 atom stereocenters. The molecule has 0 aliphatic carbocycles. The van der Waals surface area contributed by atoms with Crippen molar-refractivity contribution in [2.45, 2.75) is 31.8 Å². The van der Waals surface area contributed by atoms with Crippen LogP contribution in [-0.4, -0.2) is 27.8 Å². The van der Waals surface area contributed by atoms with Gasteiger partial charge in [-0.2, -0.15) is 0 Å². The summed E-state index contributed by atoms with van der Waals surface area (Å²) in [7, 11) is 0. The molecule has 102 valence electrons. The topological polar surface area (TPSA) is 81.5 Å². The third kappa shape index (κ3) is 3.54. The van der Waals surface area contributed by atoms with Crippen LogP contribution in [0.25, 0.3) is 0 Å². The highest BCUT2D eigenvalue weighted by Crippen LogP contribution is 2.23. The van der Waals surface area contributed by atoms with Crippen LogP contribution < -0.4 is 5.73 Å². The standard InChI is InChI=1S/C13H17N3O2S/c1-2-10-8-19-13(15-10)12(14)7-9-3-5-11(6-4-9)16(17)18/h3-6,10,12H,2,7-8,14H2,1H3/t10?,12-/m0/s1. The van der Waals surface area contributed by atoms with Gasteiger partial charge in [0.1, 0.15) is 0 Å². The van der Waals surface area contributed by atoms with Crippen molar-refractivity contribution in [2.75, 3.05) is 5.75 Å². The third-order valence-corrected chi connectivity index (χ3v) is 4.38. The molecular formula is C13H17N3O2S. The number of hydrogen-bond acceptors (Lipinski definition) is 5. The van der Waals surface area contributed by atoms with Crippen LogP contribution in [-0.2, 0) is 6.42 Å². The van der Waals surface area contributed by atoms with Gasteiger partial charge in [-0.15, -0.1) is 11.8 Å². The molecule has 5 nitrogen and oxygen atoms in total. The van der Waals surface area contributed by atoms with Gasteiger partial charge in [0.2, 0.25) is 0 Å². The number of benzene rings is 1. The van der Waals surface area contributed by atoms with Crippen molar-refractivity contribution in [2.24, 2.45) is 10.7 Å². The number of rotatable bonds is 5. The second kappa shape index (κ2) is 6.16. The zero-order valence-corrected chi connectivity index (χ0v) is 11.6. The average molecular weight is 279 g/mol. The molecule has 1 aromatic rings. The monoisotopic (exact) mass is 279 g/mol. The zero-order chi connectivity index (χ0) is 13.8. The number of nitrogens with two attached hydrogens (primary N) is 1. The van der Waals surface area contributed by atoms with Crippen molar-refractivity contribution in [3.8, 4) is 0 Å².